The van der Waals surface area contributed by atoms with Crippen LogP contribution in [0.4, 0.5) is 0 Å². The number of aliphatic hydroxyl groups is 11. The van der Waals surface area contributed by atoms with Gasteiger partial charge in [0.1, 0.15) is 91.6 Å². The molecule has 20 atom stereocenters. The van der Waals surface area contributed by atoms with Crippen molar-refractivity contribution < 1.29 is 98.9 Å². The molecule has 4 rings (SSSR count). The van der Waals surface area contributed by atoms with Gasteiger partial charge in [-0.25, -0.2) is 0 Å². The van der Waals surface area contributed by atoms with Crippen LogP contribution in [0.25, 0.3) is 0 Å². The van der Waals surface area contributed by atoms with Crippen molar-refractivity contribution in [3.05, 3.63) is 0 Å². The third-order valence-electron chi connectivity index (χ3n) is 9.39. The molecule has 0 spiro atoms. The van der Waals surface area contributed by atoms with E-state index in [1.54, 1.807) is 6.92 Å². The number of ether oxygens (including phenoxy) is 8. The first-order valence-electron chi connectivity index (χ1n) is 16.6. The van der Waals surface area contributed by atoms with Gasteiger partial charge in [0.05, 0.1) is 44.7 Å². The average Bonchev–Trinajstić information content (AvgIpc) is 3.11. The minimum atomic E-state index is -1.54. The van der Waals surface area contributed by atoms with E-state index in [2.05, 4.69) is 5.32 Å². The normalized spacial score (nSPS) is 47.6. The predicted molar refractivity (Wildman–Crippen MR) is 165 cm³/mol. The highest BCUT2D eigenvalue weighted by molar-refractivity contribution is 5.73. The van der Waals surface area contributed by atoms with Crippen LogP contribution in [-0.4, -0.2) is 225 Å². The summed E-state index contributed by atoms with van der Waals surface area (Å²) in [5.41, 5.74) is 0. The first-order chi connectivity index (χ1) is 24.1. The standard InChI is InChI=1S/C16H29NO10.C14H26O10/c1-6-10(17-7(2)20)11(21)15(9(5-19)25-6)27-16-13(23)12(22)14(24-3)8(4-18)26-16;1-5-8(17)9(18)13(7(4-16)22-5)24-14-11(20)10(19)12(21-2)6(3-15)23-14/h6,8-16,18-19,21-23H,4-5H2,1-3H3,(H,17,20);5-20H,3-4H2,1-2H3/t6-,8?,9-,10?,11?,12+,13?,14+,15+,16-;5-,6?,7-,8?,9?,10+,11?,12+,13+,14-/m00/s1. The van der Waals surface area contributed by atoms with Gasteiger partial charge >= 0.3 is 0 Å². The Bertz CT molecular complexity index is 1040. The zero-order chi connectivity index (χ0) is 38.3. The van der Waals surface area contributed by atoms with Crippen molar-refractivity contribution in [1.29, 1.82) is 0 Å². The first-order valence-corrected chi connectivity index (χ1v) is 16.6. The van der Waals surface area contributed by atoms with Crippen LogP contribution >= 0.6 is 0 Å². The molecule has 4 aliphatic rings. The maximum absolute atomic E-state index is 11.4. The Balaban J connectivity index is 0.000000277. The molecule has 0 radical (unpaired) electrons. The number of hydrogen-bond acceptors (Lipinski definition) is 20. The summed E-state index contributed by atoms with van der Waals surface area (Å²) in [6.07, 6.45) is -22.1. The maximum atomic E-state index is 11.4. The van der Waals surface area contributed by atoms with Gasteiger partial charge in [-0.15, -0.1) is 0 Å². The SMILES string of the molecule is CO[C@@H]1C(CO)O[C@@H](O[C@H]2C(O)C(NC(C)=O)[C@H](C)O[C@H]2CO)C(O)[C@H]1O.CO[C@@H]1C(CO)O[C@@H](O[C@H]2C(O)C(O)[C@H](C)O[C@H]2CO)C(O)[C@H]1O. The van der Waals surface area contributed by atoms with E-state index in [4.69, 9.17) is 37.9 Å². The smallest absolute Gasteiger partial charge is 0.217 e. The van der Waals surface area contributed by atoms with Crippen molar-refractivity contribution >= 4 is 5.91 Å². The second kappa shape index (κ2) is 19.9. The number of carbonyl (C=O) groups is 1. The molecule has 21 heteroatoms. The second-order valence-electron chi connectivity index (χ2n) is 12.8. The summed E-state index contributed by atoms with van der Waals surface area (Å²) in [6, 6.07) is -0.818. The molecule has 0 aromatic heterocycles. The topological polar surface area (TPSA) is 325 Å². The minimum absolute atomic E-state index is 0.386. The van der Waals surface area contributed by atoms with Crippen LogP contribution in [0.3, 0.4) is 0 Å². The number of rotatable bonds is 11. The molecule has 0 aromatic carbocycles. The van der Waals surface area contributed by atoms with E-state index >= 15 is 0 Å². The average molecular weight is 750 g/mol. The largest absolute Gasteiger partial charge is 0.394 e. The fourth-order valence-corrected chi connectivity index (χ4v) is 6.55. The monoisotopic (exact) mass is 749 g/mol. The fourth-order valence-electron chi connectivity index (χ4n) is 6.55. The van der Waals surface area contributed by atoms with Gasteiger partial charge in [-0.05, 0) is 13.8 Å². The van der Waals surface area contributed by atoms with Crippen LogP contribution in [0.5, 0.6) is 0 Å². The number of methoxy groups -OCH3 is 2. The molecule has 8 unspecified atom stereocenters. The highest BCUT2D eigenvalue weighted by atomic mass is 16.7. The quantitative estimate of drug-likeness (QED) is 0.0933. The lowest BCUT2D eigenvalue weighted by Crippen LogP contribution is -2.66. The number of nitrogens with one attached hydrogen (secondary N) is 1. The molecule has 4 saturated heterocycles. The lowest BCUT2D eigenvalue weighted by Gasteiger charge is -2.47. The third kappa shape index (κ3) is 10.1. The van der Waals surface area contributed by atoms with Gasteiger partial charge < -0.3 is 99.4 Å². The van der Waals surface area contributed by atoms with Crippen molar-refractivity contribution in [2.75, 3.05) is 40.6 Å². The molecule has 0 bridgehead atoms. The summed E-state index contributed by atoms with van der Waals surface area (Å²) in [4.78, 5) is 11.4. The van der Waals surface area contributed by atoms with Crippen molar-refractivity contribution in [2.45, 2.75) is 143 Å². The van der Waals surface area contributed by atoms with Crippen LogP contribution in [0, 0.1) is 0 Å². The van der Waals surface area contributed by atoms with E-state index < -0.39 is 149 Å². The molecule has 21 nitrogen and oxygen atoms in total. The van der Waals surface area contributed by atoms with Crippen LogP contribution in [0.2, 0.25) is 0 Å². The van der Waals surface area contributed by atoms with Crippen LogP contribution in [-0.2, 0) is 42.7 Å². The Morgan fingerprint density at radius 1 is 0.529 bits per heavy atom. The van der Waals surface area contributed by atoms with Crippen LogP contribution < -0.4 is 5.32 Å². The Kier molecular flexibility index (Phi) is 17.2. The van der Waals surface area contributed by atoms with Crippen molar-refractivity contribution in [3.63, 3.8) is 0 Å². The van der Waals surface area contributed by atoms with E-state index in [1.165, 1.54) is 28.1 Å². The summed E-state index contributed by atoms with van der Waals surface area (Å²) in [5.74, 6) is -0.386. The Morgan fingerprint density at radius 2 is 0.882 bits per heavy atom. The van der Waals surface area contributed by atoms with Gasteiger partial charge in [0.2, 0.25) is 5.91 Å². The molecule has 0 aliphatic carbocycles. The molecule has 4 fully saturated rings. The van der Waals surface area contributed by atoms with Crippen molar-refractivity contribution in [3.8, 4) is 0 Å². The Labute approximate surface area is 294 Å². The highest BCUT2D eigenvalue weighted by Crippen LogP contribution is 2.31. The first kappa shape index (κ1) is 44.1. The highest BCUT2D eigenvalue weighted by Gasteiger charge is 2.52. The van der Waals surface area contributed by atoms with E-state index in [0.717, 1.165) is 0 Å². The summed E-state index contributed by atoms with van der Waals surface area (Å²) >= 11 is 0. The summed E-state index contributed by atoms with van der Waals surface area (Å²) < 4.78 is 43.0. The molecule has 0 saturated carbocycles. The summed E-state index contributed by atoms with van der Waals surface area (Å²) in [7, 11) is 2.60. The lowest BCUT2D eigenvalue weighted by molar-refractivity contribution is -0.343. The summed E-state index contributed by atoms with van der Waals surface area (Å²) in [6.45, 7) is 2.48. The molecule has 4 heterocycles. The second-order valence-corrected chi connectivity index (χ2v) is 12.8. The Morgan fingerprint density at radius 3 is 1.25 bits per heavy atom. The molecule has 4 aliphatic heterocycles. The molecule has 1 amide bonds. The summed E-state index contributed by atoms with van der Waals surface area (Å²) in [5, 5.41) is 112. The van der Waals surface area contributed by atoms with Gasteiger partial charge in [0, 0.05) is 21.1 Å². The van der Waals surface area contributed by atoms with E-state index in [9.17, 15) is 61.0 Å². The zero-order valence-corrected chi connectivity index (χ0v) is 29.0. The minimum Gasteiger partial charge on any atom is -0.394 e. The molecular weight excluding hydrogens is 694 g/mol. The van der Waals surface area contributed by atoms with E-state index in [1.807, 2.05) is 0 Å². The van der Waals surface area contributed by atoms with Gasteiger partial charge in [0.15, 0.2) is 12.6 Å². The van der Waals surface area contributed by atoms with Gasteiger partial charge in [-0.1, -0.05) is 0 Å². The number of carbonyl (C=O) groups excluding carboxylic acids is 1. The van der Waals surface area contributed by atoms with Crippen molar-refractivity contribution in [2.24, 2.45) is 0 Å². The number of amides is 1. The molecule has 0 aromatic rings. The molecule has 300 valence electrons. The number of hydrogen-bond donors (Lipinski definition) is 12. The number of aliphatic hydroxyl groups excluding tert-OH is 11. The van der Waals surface area contributed by atoms with E-state index in [-0.39, 0.29) is 5.91 Å². The molecule has 12 N–H and O–H groups in total. The van der Waals surface area contributed by atoms with Crippen LogP contribution in [0.15, 0.2) is 0 Å². The maximum Gasteiger partial charge on any atom is 0.217 e. The Hall–Kier alpha value is -1.29. The van der Waals surface area contributed by atoms with Gasteiger partial charge in [0.25, 0.3) is 0 Å². The van der Waals surface area contributed by atoms with Gasteiger partial charge in [-0.2, -0.15) is 0 Å². The fraction of sp³-hybridized carbons (Fsp3) is 0.967. The third-order valence-corrected chi connectivity index (χ3v) is 9.39. The molecule has 51 heavy (non-hydrogen) atoms. The van der Waals surface area contributed by atoms with Crippen LogP contribution in [0.1, 0.15) is 20.8 Å². The van der Waals surface area contributed by atoms with Gasteiger partial charge in [-0.3, -0.25) is 4.79 Å². The zero-order valence-electron chi connectivity index (χ0n) is 29.0. The molecular formula is C30H55NO20. The van der Waals surface area contributed by atoms with E-state index in [0.29, 0.717) is 0 Å². The lowest BCUT2D eigenvalue weighted by atomic mass is 9.92. The van der Waals surface area contributed by atoms with Crippen molar-refractivity contribution in [1.82, 2.24) is 5.32 Å². The predicted octanol–water partition coefficient (Wildman–Crippen LogP) is -7.20.